The van der Waals surface area contributed by atoms with E-state index in [9.17, 15) is 0 Å². The zero-order valence-electron chi connectivity index (χ0n) is 7.93. The van der Waals surface area contributed by atoms with Gasteiger partial charge in [-0.3, -0.25) is 0 Å². The lowest BCUT2D eigenvalue weighted by atomic mass is 9.82. The van der Waals surface area contributed by atoms with Gasteiger partial charge in [-0.05, 0) is 36.5 Å². The number of aliphatic hydroxyl groups excluding tert-OH is 1. The van der Waals surface area contributed by atoms with E-state index in [1.54, 1.807) is 0 Å². The number of aliphatic hydroxyl groups is 1. The van der Waals surface area contributed by atoms with Crippen molar-refractivity contribution >= 4 is 0 Å². The van der Waals surface area contributed by atoms with E-state index < -0.39 is 0 Å². The standard InChI is InChI=1S/C10H20O/c1-8(9-4-5-9)6-10(2,3)7-11/h8-9,11H,4-7H2,1-3H3. The summed E-state index contributed by atoms with van der Waals surface area (Å²) in [4.78, 5) is 0. The Balaban J connectivity index is 2.27. The SMILES string of the molecule is CC(CC(C)(C)CO)C1CC1. The van der Waals surface area contributed by atoms with Crippen molar-refractivity contribution in [3.63, 3.8) is 0 Å². The predicted molar refractivity (Wildman–Crippen MR) is 47.4 cm³/mol. The molecule has 0 aromatic heterocycles. The molecule has 11 heavy (non-hydrogen) atoms. The summed E-state index contributed by atoms with van der Waals surface area (Å²) in [6.07, 6.45) is 4.01. The van der Waals surface area contributed by atoms with E-state index in [0.29, 0.717) is 6.61 Å². The van der Waals surface area contributed by atoms with Crippen LogP contribution in [0.25, 0.3) is 0 Å². The van der Waals surface area contributed by atoms with E-state index in [4.69, 9.17) is 5.11 Å². The second-order valence-corrected chi connectivity index (χ2v) is 4.84. The summed E-state index contributed by atoms with van der Waals surface area (Å²) >= 11 is 0. The van der Waals surface area contributed by atoms with Crippen molar-refractivity contribution in [2.45, 2.75) is 40.0 Å². The minimum atomic E-state index is 0.141. The van der Waals surface area contributed by atoms with Gasteiger partial charge in [0.1, 0.15) is 0 Å². The van der Waals surface area contributed by atoms with Crippen LogP contribution in [0, 0.1) is 17.3 Å². The number of rotatable bonds is 4. The average molecular weight is 156 g/mol. The number of hydrogen-bond donors (Lipinski definition) is 1. The first-order valence-electron chi connectivity index (χ1n) is 4.66. The molecule has 1 unspecified atom stereocenters. The van der Waals surface area contributed by atoms with E-state index in [0.717, 1.165) is 11.8 Å². The van der Waals surface area contributed by atoms with Gasteiger partial charge in [0.05, 0.1) is 0 Å². The van der Waals surface area contributed by atoms with Crippen LogP contribution in [0.15, 0.2) is 0 Å². The summed E-state index contributed by atoms with van der Waals surface area (Å²) in [5, 5.41) is 9.05. The van der Waals surface area contributed by atoms with Crippen LogP contribution in [0.4, 0.5) is 0 Å². The highest BCUT2D eigenvalue weighted by atomic mass is 16.3. The van der Waals surface area contributed by atoms with Gasteiger partial charge < -0.3 is 5.11 Å². The summed E-state index contributed by atoms with van der Waals surface area (Å²) in [6.45, 7) is 6.93. The Hall–Kier alpha value is -0.0400. The fourth-order valence-electron chi connectivity index (χ4n) is 1.77. The van der Waals surface area contributed by atoms with Gasteiger partial charge in [0, 0.05) is 6.61 Å². The molecule has 1 saturated carbocycles. The summed E-state index contributed by atoms with van der Waals surface area (Å²) in [5.74, 6) is 1.79. The van der Waals surface area contributed by atoms with Crippen molar-refractivity contribution < 1.29 is 5.11 Å². The smallest absolute Gasteiger partial charge is 0.0482 e. The van der Waals surface area contributed by atoms with Gasteiger partial charge in [0.15, 0.2) is 0 Å². The molecule has 0 heterocycles. The first-order valence-corrected chi connectivity index (χ1v) is 4.66. The van der Waals surface area contributed by atoms with Gasteiger partial charge in [-0.15, -0.1) is 0 Å². The van der Waals surface area contributed by atoms with Crippen molar-refractivity contribution in [1.82, 2.24) is 0 Å². The summed E-state index contributed by atoms with van der Waals surface area (Å²) < 4.78 is 0. The molecule has 0 amide bonds. The number of hydrogen-bond acceptors (Lipinski definition) is 1. The van der Waals surface area contributed by atoms with Crippen LogP contribution < -0.4 is 0 Å². The molecule has 1 N–H and O–H groups in total. The van der Waals surface area contributed by atoms with Crippen molar-refractivity contribution in [1.29, 1.82) is 0 Å². The lowest BCUT2D eigenvalue weighted by Crippen LogP contribution is -2.20. The molecule has 0 saturated heterocycles. The molecule has 1 atom stereocenters. The molecule has 0 aliphatic heterocycles. The van der Waals surface area contributed by atoms with E-state index in [2.05, 4.69) is 20.8 Å². The maximum atomic E-state index is 9.05. The fraction of sp³-hybridized carbons (Fsp3) is 1.00. The molecule has 0 spiro atoms. The van der Waals surface area contributed by atoms with Crippen LogP contribution in [-0.4, -0.2) is 11.7 Å². The highest BCUT2D eigenvalue weighted by molar-refractivity contribution is 4.82. The monoisotopic (exact) mass is 156 g/mol. The minimum absolute atomic E-state index is 0.141. The quantitative estimate of drug-likeness (QED) is 0.663. The Morgan fingerprint density at radius 2 is 2.00 bits per heavy atom. The van der Waals surface area contributed by atoms with Crippen LogP contribution in [0.2, 0.25) is 0 Å². The first-order chi connectivity index (χ1) is 5.05. The Bertz CT molecular complexity index is 125. The molecule has 1 aliphatic carbocycles. The summed E-state index contributed by atoms with van der Waals surface area (Å²) in [5.41, 5.74) is 0.141. The van der Waals surface area contributed by atoms with Crippen LogP contribution in [0.3, 0.4) is 0 Å². The Labute approximate surface area is 69.8 Å². The predicted octanol–water partition coefficient (Wildman–Crippen LogP) is 2.44. The fourth-order valence-corrected chi connectivity index (χ4v) is 1.77. The van der Waals surface area contributed by atoms with Crippen LogP contribution in [-0.2, 0) is 0 Å². The van der Waals surface area contributed by atoms with E-state index in [1.165, 1.54) is 19.3 Å². The normalized spacial score (nSPS) is 21.8. The van der Waals surface area contributed by atoms with E-state index >= 15 is 0 Å². The van der Waals surface area contributed by atoms with Crippen molar-refractivity contribution in [2.24, 2.45) is 17.3 Å². The van der Waals surface area contributed by atoms with Crippen molar-refractivity contribution in [3.8, 4) is 0 Å². The average Bonchev–Trinajstić information content (AvgIpc) is 2.67. The molecule has 1 aliphatic rings. The molecule has 1 heteroatoms. The molecule has 0 radical (unpaired) electrons. The first kappa shape index (κ1) is 9.05. The van der Waals surface area contributed by atoms with Gasteiger partial charge >= 0.3 is 0 Å². The molecule has 1 fully saturated rings. The van der Waals surface area contributed by atoms with Gasteiger partial charge in [-0.1, -0.05) is 20.8 Å². The summed E-state index contributed by atoms with van der Waals surface area (Å²) in [6, 6.07) is 0. The third kappa shape index (κ3) is 2.82. The lowest BCUT2D eigenvalue weighted by Gasteiger charge is -2.25. The van der Waals surface area contributed by atoms with Crippen LogP contribution in [0.1, 0.15) is 40.0 Å². The lowest BCUT2D eigenvalue weighted by molar-refractivity contribution is 0.128. The molecule has 0 aromatic rings. The topological polar surface area (TPSA) is 20.2 Å². The zero-order valence-corrected chi connectivity index (χ0v) is 7.93. The molecule has 1 nitrogen and oxygen atoms in total. The van der Waals surface area contributed by atoms with Crippen molar-refractivity contribution in [2.75, 3.05) is 6.61 Å². The van der Waals surface area contributed by atoms with Gasteiger partial charge in [0.2, 0.25) is 0 Å². The zero-order chi connectivity index (χ0) is 8.48. The second-order valence-electron chi connectivity index (χ2n) is 4.84. The third-order valence-corrected chi connectivity index (χ3v) is 2.73. The van der Waals surface area contributed by atoms with E-state index in [-0.39, 0.29) is 5.41 Å². The maximum Gasteiger partial charge on any atom is 0.0482 e. The van der Waals surface area contributed by atoms with Gasteiger partial charge in [0.25, 0.3) is 0 Å². The molecule has 0 bridgehead atoms. The largest absolute Gasteiger partial charge is 0.396 e. The Kier molecular flexibility index (Phi) is 2.58. The highest BCUT2D eigenvalue weighted by Gasteiger charge is 2.31. The molecule has 1 rings (SSSR count). The van der Waals surface area contributed by atoms with Gasteiger partial charge in [-0.25, -0.2) is 0 Å². The molecular formula is C10H20O. The molecular weight excluding hydrogens is 136 g/mol. The Morgan fingerprint density at radius 1 is 1.45 bits per heavy atom. The van der Waals surface area contributed by atoms with Gasteiger partial charge in [-0.2, -0.15) is 0 Å². The summed E-state index contributed by atoms with van der Waals surface area (Å²) in [7, 11) is 0. The second kappa shape index (κ2) is 3.14. The van der Waals surface area contributed by atoms with Crippen molar-refractivity contribution in [3.05, 3.63) is 0 Å². The van der Waals surface area contributed by atoms with Crippen LogP contribution in [0.5, 0.6) is 0 Å². The molecule has 66 valence electrons. The maximum absolute atomic E-state index is 9.05. The van der Waals surface area contributed by atoms with Crippen LogP contribution >= 0.6 is 0 Å². The van der Waals surface area contributed by atoms with E-state index in [1.807, 2.05) is 0 Å². The minimum Gasteiger partial charge on any atom is -0.396 e. The highest BCUT2D eigenvalue weighted by Crippen LogP contribution is 2.41. The third-order valence-electron chi connectivity index (χ3n) is 2.73. The Morgan fingerprint density at radius 3 is 2.36 bits per heavy atom. The molecule has 0 aromatic carbocycles.